The maximum atomic E-state index is 12.3. The molecule has 0 aliphatic heterocycles. The third kappa shape index (κ3) is 7.23. The van der Waals surface area contributed by atoms with Crippen molar-refractivity contribution in [2.45, 2.75) is 26.2 Å². The van der Waals surface area contributed by atoms with E-state index in [0.29, 0.717) is 24.8 Å². The molecule has 2 aromatic carbocycles. The Morgan fingerprint density at radius 2 is 1.90 bits per heavy atom. The van der Waals surface area contributed by atoms with Crippen molar-refractivity contribution >= 4 is 5.96 Å². The Morgan fingerprint density at radius 1 is 1.17 bits per heavy atom. The highest BCUT2D eigenvalue weighted by Crippen LogP contribution is 2.19. The minimum Gasteiger partial charge on any atom is -0.497 e. The molecule has 2 aromatic rings. The van der Waals surface area contributed by atoms with Gasteiger partial charge in [0.2, 0.25) is 0 Å². The Bertz CT molecular complexity index is 785. The number of aliphatic hydroxyl groups is 1. The van der Waals surface area contributed by atoms with Gasteiger partial charge in [-0.2, -0.15) is 8.78 Å². The van der Waals surface area contributed by atoms with Crippen molar-refractivity contribution < 1.29 is 23.4 Å². The van der Waals surface area contributed by atoms with Gasteiger partial charge in [-0.3, -0.25) is 4.99 Å². The zero-order valence-electron chi connectivity index (χ0n) is 16.8. The molecule has 2 N–H and O–H groups in total. The molecular weight excluding hydrogens is 380 g/mol. The average Bonchev–Trinajstić information content (AvgIpc) is 2.71. The molecule has 0 radical (unpaired) electrons. The molecule has 0 spiro atoms. The lowest BCUT2D eigenvalue weighted by atomic mass is 10.1. The Kier molecular flexibility index (Phi) is 8.67. The number of methoxy groups -OCH3 is 1. The van der Waals surface area contributed by atoms with Gasteiger partial charge in [-0.1, -0.05) is 24.3 Å². The van der Waals surface area contributed by atoms with Crippen molar-refractivity contribution in [1.82, 2.24) is 10.2 Å². The van der Waals surface area contributed by atoms with Crippen LogP contribution in [0.1, 0.15) is 24.2 Å². The van der Waals surface area contributed by atoms with E-state index in [9.17, 15) is 13.9 Å². The van der Waals surface area contributed by atoms with E-state index < -0.39 is 12.7 Å². The molecule has 0 bridgehead atoms. The number of benzene rings is 2. The first-order valence-corrected chi connectivity index (χ1v) is 9.28. The van der Waals surface area contributed by atoms with E-state index in [-0.39, 0.29) is 12.3 Å². The van der Waals surface area contributed by atoms with Crippen molar-refractivity contribution in [3.05, 3.63) is 59.7 Å². The maximum Gasteiger partial charge on any atom is 0.387 e. The molecule has 0 aromatic heterocycles. The van der Waals surface area contributed by atoms with Crippen LogP contribution in [0, 0.1) is 0 Å². The summed E-state index contributed by atoms with van der Waals surface area (Å²) in [6.45, 7) is 0.474. The fourth-order valence-corrected chi connectivity index (χ4v) is 2.72. The minimum atomic E-state index is -2.84. The summed E-state index contributed by atoms with van der Waals surface area (Å²) in [6, 6.07) is 13.7. The number of alkyl halides is 2. The van der Waals surface area contributed by atoms with Gasteiger partial charge in [0, 0.05) is 20.1 Å². The van der Waals surface area contributed by atoms with Gasteiger partial charge < -0.3 is 24.8 Å². The third-order valence-corrected chi connectivity index (χ3v) is 4.16. The lowest BCUT2D eigenvalue weighted by Gasteiger charge is -2.23. The molecule has 158 valence electrons. The van der Waals surface area contributed by atoms with E-state index >= 15 is 0 Å². The molecule has 0 aliphatic rings. The Morgan fingerprint density at radius 3 is 2.52 bits per heavy atom. The number of nitrogens with zero attached hydrogens (tertiary/aromatic N) is 2. The van der Waals surface area contributed by atoms with Gasteiger partial charge in [-0.05, 0) is 42.3 Å². The summed E-state index contributed by atoms with van der Waals surface area (Å²) in [5.74, 6) is 1.42. The van der Waals surface area contributed by atoms with Crippen molar-refractivity contribution in [2.75, 3.05) is 27.2 Å². The van der Waals surface area contributed by atoms with Crippen molar-refractivity contribution in [2.24, 2.45) is 4.99 Å². The van der Waals surface area contributed by atoms with Gasteiger partial charge in [-0.15, -0.1) is 0 Å². The summed E-state index contributed by atoms with van der Waals surface area (Å²) in [6.07, 6.45) is -0.766. The van der Waals surface area contributed by atoms with Gasteiger partial charge in [0.25, 0.3) is 0 Å². The van der Waals surface area contributed by atoms with Gasteiger partial charge >= 0.3 is 6.61 Å². The second-order valence-electron chi connectivity index (χ2n) is 6.37. The van der Waals surface area contributed by atoms with Crippen LogP contribution in [0.3, 0.4) is 0 Å². The number of hydrogen-bond donors (Lipinski definition) is 2. The molecule has 0 amide bonds. The molecule has 29 heavy (non-hydrogen) atoms. The summed E-state index contributed by atoms with van der Waals surface area (Å²) < 4.78 is 34.1. The van der Waals surface area contributed by atoms with Gasteiger partial charge in [0.15, 0.2) is 5.96 Å². The van der Waals surface area contributed by atoms with Crippen LogP contribution in [-0.2, 0) is 6.54 Å². The second-order valence-corrected chi connectivity index (χ2v) is 6.37. The van der Waals surface area contributed by atoms with Gasteiger partial charge in [0.1, 0.15) is 11.5 Å². The number of hydrogen-bond acceptors (Lipinski definition) is 4. The van der Waals surface area contributed by atoms with E-state index in [2.05, 4.69) is 15.0 Å². The van der Waals surface area contributed by atoms with E-state index in [0.717, 1.165) is 11.1 Å². The van der Waals surface area contributed by atoms with Crippen LogP contribution in [0.25, 0.3) is 0 Å². The molecule has 0 fully saturated rings. The molecule has 2 rings (SSSR count). The highest BCUT2D eigenvalue weighted by Gasteiger charge is 2.11. The van der Waals surface area contributed by atoms with Crippen LogP contribution in [0.5, 0.6) is 11.5 Å². The van der Waals surface area contributed by atoms with E-state index in [1.807, 2.05) is 37.1 Å². The topological polar surface area (TPSA) is 66.3 Å². The average molecular weight is 407 g/mol. The molecule has 0 aliphatic carbocycles. The number of guanidine groups is 1. The number of aliphatic imine (C=N–C) groups is 1. The highest BCUT2D eigenvalue weighted by atomic mass is 19.3. The molecule has 8 heteroatoms. The molecular formula is C21H27F2N3O3. The number of aliphatic hydroxyl groups excluding tert-OH is 1. The predicted molar refractivity (Wildman–Crippen MR) is 108 cm³/mol. The van der Waals surface area contributed by atoms with Crippen molar-refractivity contribution in [3.8, 4) is 11.5 Å². The number of nitrogens with one attached hydrogen (secondary N) is 1. The maximum absolute atomic E-state index is 12.3. The minimum absolute atomic E-state index is 0.119. The largest absolute Gasteiger partial charge is 0.497 e. The fraction of sp³-hybridized carbons (Fsp3) is 0.381. The summed E-state index contributed by atoms with van der Waals surface area (Å²) in [7, 11) is 3.44. The smallest absolute Gasteiger partial charge is 0.387 e. The van der Waals surface area contributed by atoms with Gasteiger partial charge in [0.05, 0.1) is 19.8 Å². The first-order valence-electron chi connectivity index (χ1n) is 9.28. The van der Waals surface area contributed by atoms with Crippen LogP contribution in [0.2, 0.25) is 0 Å². The first kappa shape index (κ1) is 22.4. The zero-order valence-corrected chi connectivity index (χ0v) is 16.8. The molecule has 0 saturated carbocycles. The Balaban J connectivity index is 2.02. The quantitative estimate of drug-likeness (QED) is 0.493. The molecule has 0 heterocycles. The summed E-state index contributed by atoms with van der Waals surface area (Å²) in [5, 5.41) is 13.6. The van der Waals surface area contributed by atoms with E-state index in [4.69, 9.17) is 4.74 Å². The van der Waals surface area contributed by atoms with Crippen LogP contribution in [-0.4, -0.2) is 49.8 Å². The van der Waals surface area contributed by atoms with Crippen molar-refractivity contribution in [3.63, 3.8) is 0 Å². The number of rotatable bonds is 9. The zero-order chi connectivity index (χ0) is 21.2. The van der Waals surface area contributed by atoms with Gasteiger partial charge in [-0.25, -0.2) is 0 Å². The van der Waals surface area contributed by atoms with E-state index in [1.165, 1.54) is 12.1 Å². The predicted octanol–water partition coefficient (Wildman–Crippen LogP) is 3.43. The van der Waals surface area contributed by atoms with Crippen LogP contribution < -0.4 is 14.8 Å². The second kappa shape index (κ2) is 11.2. The monoisotopic (exact) mass is 407 g/mol. The summed E-state index contributed by atoms with van der Waals surface area (Å²) in [4.78, 5) is 6.41. The molecule has 1 unspecified atom stereocenters. The SMILES string of the molecule is CCNC(=NCC(O)c1cccc(OC)c1)N(C)Cc1ccc(OC(F)F)cc1. The number of halogens is 2. The summed E-state index contributed by atoms with van der Waals surface area (Å²) >= 11 is 0. The lowest BCUT2D eigenvalue weighted by Crippen LogP contribution is -2.38. The fourth-order valence-electron chi connectivity index (χ4n) is 2.72. The van der Waals surface area contributed by atoms with Crippen LogP contribution in [0.15, 0.2) is 53.5 Å². The molecule has 0 saturated heterocycles. The number of ether oxygens (including phenoxy) is 2. The van der Waals surface area contributed by atoms with Crippen molar-refractivity contribution in [1.29, 1.82) is 0 Å². The standard InChI is InChI=1S/C21H27F2N3O3/c1-4-24-21(25-13-19(27)16-6-5-7-18(12-16)28-3)26(2)14-15-8-10-17(11-9-15)29-20(22)23/h5-12,19-20,27H,4,13-14H2,1-3H3,(H,24,25). The van der Waals surface area contributed by atoms with Crippen LogP contribution >= 0.6 is 0 Å². The normalized spacial score (nSPS) is 12.6. The third-order valence-electron chi connectivity index (χ3n) is 4.16. The van der Waals surface area contributed by atoms with E-state index in [1.54, 1.807) is 25.3 Å². The molecule has 1 atom stereocenters. The van der Waals surface area contributed by atoms with Crippen LogP contribution in [0.4, 0.5) is 8.78 Å². The first-order chi connectivity index (χ1) is 13.9. The Labute approximate surface area is 169 Å². The summed E-state index contributed by atoms with van der Waals surface area (Å²) in [5.41, 5.74) is 1.63. The molecule has 6 nitrogen and oxygen atoms in total. The lowest BCUT2D eigenvalue weighted by molar-refractivity contribution is -0.0498. The highest BCUT2D eigenvalue weighted by molar-refractivity contribution is 5.79. The Hall–Kier alpha value is -2.87.